The minimum absolute atomic E-state index is 0.00521. The first kappa shape index (κ1) is 23.2. The van der Waals surface area contributed by atoms with Gasteiger partial charge in [0.1, 0.15) is 5.75 Å². The van der Waals surface area contributed by atoms with Crippen molar-refractivity contribution in [1.29, 1.82) is 0 Å². The minimum Gasteiger partial charge on any atom is -0.435 e. The van der Waals surface area contributed by atoms with Crippen LogP contribution in [0.15, 0.2) is 41.3 Å². The number of ether oxygens (including phenoxy) is 2. The molecule has 0 fully saturated rings. The average molecular weight is 455 g/mol. The van der Waals surface area contributed by atoms with Crippen molar-refractivity contribution in [3.05, 3.63) is 81.0 Å². The number of hydrogen-bond donors (Lipinski definition) is 1. The number of benzene rings is 2. The highest BCUT2D eigenvalue weighted by atomic mass is 19.3. The molecule has 11 heteroatoms. The number of rotatable bonds is 8. The van der Waals surface area contributed by atoms with Crippen molar-refractivity contribution in [1.82, 2.24) is 9.55 Å². The van der Waals surface area contributed by atoms with Crippen LogP contribution in [0, 0.1) is 24.4 Å². The van der Waals surface area contributed by atoms with E-state index in [0.717, 1.165) is 12.1 Å². The molecule has 0 aliphatic carbocycles. The van der Waals surface area contributed by atoms with Gasteiger partial charge in [0.2, 0.25) is 5.95 Å². The van der Waals surface area contributed by atoms with Crippen LogP contribution >= 0.6 is 0 Å². The zero-order chi connectivity index (χ0) is 23.4. The van der Waals surface area contributed by atoms with E-state index in [2.05, 4.69) is 15.0 Å². The van der Waals surface area contributed by atoms with Gasteiger partial charge in [-0.25, -0.2) is 13.2 Å². The molecule has 32 heavy (non-hydrogen) atoms. The first-order valence-electron chi connectivity index (χ1n) is 9.23. The first-order valence-corrected chi connectivity index (χ1v) is 9.23. The maximum absolute atomic E-state index is 13.6. The molecule has 170 valence electrons. The van der Waals surface area contributed by atoms with Crippen LogP contribution in [0.5, 0.6) is 5.75 Å². The smallest absolute Gasteiger partial charge is 0.387 e. The zero-order valence-corrected chi connectivity index (χ0v) is 17.0. The molecule has 6 nitrogen and oxygen atoms in total. The van der Waals surface area contributed by atoms with Gasteiger partial charge >= 0.3 is 6.61 Å². The Morgan fingerprint density at radius 1 is 1.12 bits per heavy atom. The van der Waals surface area contributed by atoms with Crippen molar-refractivity contribution in [3.63, 3.8) is 0 Å². The van der Waals surface area contributed by atoms with Crippen molar-refractivity contribution in [3.8, 4) is 5.75 Å². The van der Waals surface area contributed by atoms with Crippen molar-refractivity contribution < 1.29 is 31.4 Å². The summed E-state index contributed by atoms with van der Waals surface area (Å²) in [7, 11) is 1.38. The molecule has 0 bridgehead atoms. The molecule has 0 amide bonds. The monoisotopic (exact) mass is 455 g/mol. The molecular weight excluding hydrogens is 437 g/mol. The topological polar surface area (TPSA) is 65.4 Å². The Bertz CT molecular complexity index is 1160. The lowest BCUT2D eigenvalue weighted by atomic mass is 10.2. The van der Waals surface area contributed by atoms with Gasteiger partial charge in [-0.05, 0) is 48.4 Å². The lowest BCUT2D eigenvalue weighted by molar-refractivity contribution is -0.0498. The normalized spacial score (nSPS) is 11.1. The summed E-state index contributed by atoms with van der Waals surface area (Å²) in [6.45, 7) is -1.58. The van der Waals surface area contributed by atoms with Crippen LogP contribution in [-0.2, 0) is 17.9 Å². The van der Waals surface area contributed by atoms with E-state index >= 15 is 0 Å². The molecule has 0 saturated heterocycles. The summed E-state index contributed by atoms with van der Waals surface area (Å²) < 4.78 is 76.1. The highest BCUT2D eigenvalue weighted by Gasteiger charge is 2.15. The largest absolute Gasteiger partial charge is 0.435 e. The lowest BCUT2D eigenvalue weighted by Crippen LogP contribution is -2.21. The Kier molecular flexibility index (Phi) is 7.08. The maximum atomic E-state index is 13.6. The second-order valence-corrected chi connectivity index (χ2v) is 6.81. The molecule has 0 saturated carbocycles. The summed E-state index contributed by atoms with van der Waals surface area (Å²) in [5.41, 5.74) is 0.582. The average Bonchev–Trinajstić information content (AvgIpc) is 2.71. The van der Waals surface area contributed by atoms with Gasteiger partial charge in [-0.1, -0.05) is 0 Å². The van der Waals surface area contributed by atoms with E-state index in [9.17, 15) is 26.7 Å². The molecule has 0 aliphatic rings. The van der Waals surface area contributed by atoms with Gasteiger partial charge in [0.25, 0.3) is 5.56 Å². The number of anilines is 2. The number of alkyl halides is 2. The van der Waals surface area contributed by atoms with Crippen LogP contribution in [-0.4, -0.2) is 23.3 Å². The quantitative estimate of drug-likeness (QED) is 0.400. The van der Waals surface area contributed by atoms with Crippen LogP contribution in [0.4, 0.5) is 33.6 Å². The van der Waals surface area contributed by atoms with Gasteiger partial charge in [-0.15, -0.1) is 0 Å². The summed E-state index contributed by atoms with van der Waals surface area (Å²) in [6.07, 6.45) is 1.39. The fourth-order valence-corrected chi connectivity index (χ4v) is 2.98. The summed E-state index contributed by atoms with van der Waals surface area (Å²) in [6, 6.07) is 5.77. The second kappa shape index (κ2) is 9.77. The zero-order valence-electron chi connectivity index (χ0n) is 17.0. The predicted molar refractivity (Wildman–Crippen MR) is 106 cm³/mol. The van der Waals surface area contributed by atoms with Crippen LogP contribution in [0.3, 0.4) is 0 Å². The van der Waals surface area contributed by atoms with Gasteiger partial charge in [0.05, 0.1) is 18.7 Å². The molecular formula is C21H18F5N3O3. The molecule has 0 aliphatic heterocycles. The Labute approximate surface area is 179 Å². The molecule has 3 aromatic rings. The van der Waals surface area contributed by atoms with Crippen LogP contribution in [0.25, 0.3) is 0 Å². The number of nitrogens with zero attached hydrogens (tertiary/aromatic N) is 2. The van der Waals surface area contributed by atoms with Crippen molar-refractivity contribution >= 4 is 11.6 Å². The van der Waals surface area contributed by atoms with E-state index in [4.69, 9.17) is 4.74 Å². The van der Waals surface area contributed by atoms with E-state index in [-0.39, 0.29) is 36.0 Å². The summed E-state index contributed by atoms with van der Waals surface area (Å²) in [5.74, 6) is -4.35. The Hall–Kier alpha value is -3.47. The fourth-order valence-electron chi connectivity index (χ4n) is 2.98. The molecule has 0 unspecified atom stereocenters. The molecule has 0 spiro atoms. The number of halogens is 5. The Balaban J connectivity index is 2.00. The highest BCUT2D eigenvalue weighted by Crippen LogP contribution is 2.25. The lowest BCUT2D eigenvalue weighted by Gasteiger charge is -2.17. The summed E-state index contributed by atoms with van der Waals surface area (Å²) in [4.78, 5) is 16.3. The third-order valence-electron chi connectivity index (χ3n) is 4.43. The van der Waals surface area contributed by atoms with Gasteiger partial charge in [0, 0.05) is 19.0 Å². The Morgan fingerprint density at radius 2 is 1.81 bits per heavy atom. The second-order valence-electron chi connectivity index (χ2n) is 6.81. The first-order chi connectivity index (χ1) is 15.2. The highest BCUT2D eigenvalue weighted by molar-refractivity contribution is 5.60. The molecule has 0 radical (unpaired) electrons. The molecule has 1 N–H and O–H groups in total. The molecule has 2 aromatic carbocycles. The maximum Gasteiger partial charge on any atom is 0.387 e. The van der Waals surface area contributed by atoms with Crippen molar-refractivity contribution in [2.24, 2.45) is 0 Å². The van der Waals surface area contributed by atoms with Gasteiger partial charge in [-0.3, -0.25) is 4.79 Å². The van der Waals surface area contributed by atoms with Crippen molar-refractivity contribution in [2.75, 3.05) is 12.4 Å². The standard InChI is InChI=1S/C21H18F5N3O3/c1-11-5-14(32-20(25)26)3-4-17(11)27-21-28-19(30)13(10-31-2)9-29(21)8-12-6-15(22)18(24)16(23)7-12/h3-7,9,20H,8,10H2,1-2H3,(H,27,28,30). The van der Waals surface area contributed by atoms with E-state index in [1.807, 2.05) is 0 Å². The van der Waals surface area contributed by atoms with E-state index in [1.165, 1.54) is 36.1 Å². The van der Waals surface area contributed by atoms with Crippen LogP contribution < -0.4 is 15.6 Å². The minimum atomic E-state index is -2.98. The Morgan fingerprint density at radius 3 is 2.41 bits per heavy atom. The third kappa shape index (κ3) is 5.41. The molecule has 1 heterocycles. The fraction of sp³-hybridized carbons (Fsp3) is 0.238. The van der Waals surface area contributed by atoms with E-state index in [0.29, 0.717) is 11.3 Å². The summed E-state index contributed by atoms with van der Waals surface area (Å²) in [5, 5.41) is 2.90. The summed E-state index contributed by atoms with van der Waals surface area (Å²) >= 11 is 0. The molecule has 0 atom stereocenters. The van der Waals surface area contributed by atoms with E-state index < -0.39 is 29.6 Å². The third-order valence-corrected chi connectivity index (χ3v) is 4.43. The number of aromatic nitrogens is 2. The molecule has 1 aromatic heterocycles. The van der Waals surface area contributed by atoms with Gasteiger partial charge < -0.3 is 19.4 Å². The number of nitrogens with one attached hydrogen (secondary N) is 1. The van der Waals surface area contributed by atoms with Crippen LogP contribution in [0.2, 0.25) is 0 Å². The van der Waals surface area contributed by atoms with Crippen molar-refractivity contribution in [2.45, 2.75) is 26.7 Å². The predicted octanol–water partition coefficient (Wildman–Crippen LogP) is 4.51. The number of hydrogen-bond acceptors (Lipinski definition) is 5. The van der Waals surface area contributed by atoms with E-state index in [1.54, 1.807) is 6.92 Å². The number of aryl methyl sites for hydroxylation is 1. The SMILES string of the molecule is COCc1cn(Cc2cc(F)c(F)c(F)c2)c(Nc2ccc(OC(F)F)cc2C)nc1=O. The van der Waals surface area contributed by atoms with Gasteiger partial charge in [-0.2, -0.15) is 13.8 Å². The van der Waals surface area contributed by atoms with Crippen LogP contribution in [0.1, 0.15) is 16.7 Å². The molecule has 3 rings (SSSR count). The van der Waals surface area contributed by atoms with Gasteiger partial charge in [0.15, 0.2) is 17.5 Å². The number of methoxy groups -OCH3 is 1.